The quantitative estimate of drug-likeness (QED) is 0.741. The van der Waals surface area contributed by atoms with Crippen LogP contribution in [-0.4, -0.2) is 6.04 Å². The maximum atomic E-state index is 13.0. The number of halogens is 3. The normalized spacial score (nSPS) is 12.3. The van der Waals surface area contributed by atoms with Gasteiger partial charge in [0.1, 0.15) is 11.5 Å². The first-order valence-corrected chi connectivity index (χ1v) is 4.08. The molecule has 1 nitrogen and oxygen atoms in total. The molecule has 1 atom stereocenters. The number of anilines is 1. The third-order valence-corrected chi connectivity index (χ3v) is 1.73. The number of hydrogen-bond acceptors (Lipinski definition) is 1. The Hall–Kier alpha value is -1.45. The summed E-state index contributed by atoms with van der Waals surface area (Å²) in [6.45, 7) is 5.13. The van der Waals surface area contributed by atoms with Crippen LogP contribution >= 0.6 is 0 Å². The third kappa shape index (κ3) is 2.28. The lowest BCUT2D eigenvalue weighted by molar-refractivity contribution is 0.546. The predicted octanol–water partition coefficient (Wildman–Crippen LogP) is 3.09. The van der Waals surface area contributed by atoms with E-state index >= 15 is 0 Å². The minimum atomic E-state index is -0.948. The molecular weight excluding hydrogens is 191 g/mol. The zero-order valence-electron chi connectivity index (χ0n) is 7.65. The Kier molecular flexibility index (Phi) is 3.17. The molecule has 0 aliphatic rings. The summed E-state index contributed by atoms with van der Waals surface area (Å²) in [5, 5.41) is 2.52. The summed E-state index contributed by atoms with van der Waals surface area (Å²) in [5.41, 5.74) is -0.334. The minimum Gasteiger partial charge on any atom is -0.374 e. The lowest BCUT2D eigenvalue weighted by Crippen LogP contribution is -2.14. The molecule has 1 rings (SSSR count). The van der Waals surface area contributed by atoms with Crippen LogP contribution in [0.15, 0.2) is 24.8 Å². The molecule has 0 spiro atoms. The SMILES string of the molecule is C=CC(C)Nc1c(F)cc(F)cc1F. The smallest absolute Gasteiger partial charge is 0.152 e. The van der Waals surface area contributed by atoms with Crippen molar-refractivity contribution in [2.75, 3.05) is 5.32 Å². The van der Waals surface area contributed by atoms with E-state index in [9.17, 15) is 13.2 Å². The van der Waals surface area contributed by atoms with Crippen molar-refractivity contribution in [2.24, 2.45) is 0 Å². The summed E-state index contributed by atoms with van der Waals surface area (Å²) in [6, 6.07) is 0.965. The molecule has 0 bridgehead atoms. The first kappa shape index (κ1) is 10.6. The predicted molar refractivity (Wildman–Crippen MR) is 49.6 cm³/mol. The van der Waals surface area contributed by atoms with Gasteiger partial charge in [-0.15, -0.1) is 6.58 Å². The van der Waals surface area contributed by atoms with Gasteiger partial charge in [0, 0.05) is 18.2 Å². The molecule has 0 radical (unpaired) electrons. The number of hydrogen-bond donors (Lipinski definition) is 1. The fourth-order valence-corrected chi connectivity index (χ4v) is 0.967. The molecule has 76 valence electrons. The highest BCUT2D eigenvalue weighted by Gasteiger charge is 2.11. The first-order valence-electron chi connectivity index (χ1n) is 4.08. The summed E-state index contributed by atoms with van der Waals surface area (Å²) < 4.78 is 38.6. The average molecular weight is 201 g/mol. The summed E-state index contributed by atoms with van der Waals surface area (Å²) in [6.07, 6.45) is 1.49. The van der Waals surface area contributed by atoms with E-state index in [0.29, 0.717) is 12.1 Å². The molecule has 0 aliphatic heterocycles. The fraction of sp³-hybridized carbons (Fsp3) is 0.200. The van der Waals surface area contributed by atoms with Gasteiger partial charge >= 0.3 is 0 Å². The topological polar surface area (TPSA) is 12.0 Å². The van der Waals surface area contributed by atoms with Crippen LogP contribution in [0.1, 0.15) is 6.92 Å². The van der Waals surface area contributed by atoms with Gasteiger partial charge in [-0.25, -0.2) is 13.2 Å². The molecule has 1 aromatic carbocycles. The standard InChI is InChI=1S/C10H10F3N/c1-3-6(2)14-10-8(12)4-7(11)5-9(10)13/h3-6,14H,1H2,2H3. The molecule has 4 heteroatoms. The van der Waals surface area contributed by atoms with Crippen LogP contribution in [0.4, 0.5) is 18.9 Å². The maximum absolute atomic E-state index is 13.0. The Morgan fingerprint density at radius 3 is 2.21 bits per heavy atom. The molecule has 0 amide bonds. The summed E-state index contributed by atoms with van der Waals surface area (Å²) >= 11 is 0. The van der Waals surface area contributed by atoms with Gasteiger partial charge in [0.15, 0.2) is 11.6 Å². The fourth-order valence-electron chi connectivity index (χ4n) is 0.967. The van der Waals surface area contributed by atoms with Crippen molar-refractivity contribution < 1.29 is 13.2 Å². The Morgan fingerprint density at radius 1 is 1.29 bits per heavy atom. The molecule has 0 aliphatic carbocycles. The summed E-state index contributed by atoms with van der Waals surface area (Å²) in [5.74, 6) is -2.83. The zero-order chi connectivity index (χ0) is 10.7. The van der Waals surface area contributed by atoms with Gasteiger partial charge in [0.05, 0.1) is 0 Å². The highest BCUT2D eigenvalue weighted by Crippen LogP contribution is 2.20. The molecule has 1 N–H and O–H groups in total. The van der Waals surface area contributed by atoms with Crippen molar-refractivity contribution in [2.45, 2.75) is 13.0 Å². The van der Waals surface area contributed by atoms with Crippen LogP contribution in [0.5, 0.6) is 0 Å². The van der Waals surface area contributed by atoms with E-state index in [1.54, 1.807) is 6.92 Å². The Labute approximate surface area is 80.2 Å². The van der Waals surface area contributed by atoms with Gasteiger partial charge in [-0.05, 0) is 6.92 Å². The molecule has 0 saturated carbocycles. The van der Waals surface area contributed by atoms with Crippen LogP contribution in [0.25, 0.3) is 0 Å². The lowest BCUT2D eigenvalue weighted by Gasteiger charge is -2.12. The summed E-state index contributed by atoms with van der Waals surface area (Å²) in [4.78, 5) is 0. The second kappa shape index (κ2) is 4.17. The van der Waals surface area contributed by atoms with E-state index < -0.39 is 17.5 Å². The van der Waals surface area contributed by atoms with Crippen LogP contribution in [0, 0.1) is 17.5 Å². The van der Waals surface area contributed by atoms with Crippen LogP contribution in [0.3, 0.4) is 0 Å². The highest BCUT2D eigenvalue weighted by atomic mass is 19.1. The van der Waals surface area contributed by atoms with Crippen molar-refractivity contribution in [3.05, 3.63) is 42.2 Å². The second-order valence-electron chi connectivity index (χ2n) is 2.91. The van der Waals surface area contributed by atoms with E-state index in [1.165, 1.54) is 6.08 Å². The highest BCUT2D eigenvalue weighted by molar-refractivity contribution is 5.47. The average Bonchev–Trinajstić information content (AvgIpc) is 2.10. The molecule has 0 aromatic heterocycles. The monoisotopic (exact) mass is 201 g/mol. The van der Waals surface area contributed by atoms with Gasteiger partial charge in [0.25, 0.3) is 0 Å². The molecule has 0 fully saturated rings. The van der Waals surface area contributed by atoms with Gasteiger partial charge in [-0.2, -0.15) is 0 Å². The van der Waals surface area contributed by atoms with Crippen molar-refractivity contribution in [1.29, 1.82) is 0 Å². The Morgan fingerprint density at radius 2 is 1.79 bits per heavy atom. The maximum Gasteiger partial charge on any atom is 0.152 e. The van der Waals surface area contributed by atoms with Gasteiger partial charge in [-0.3, -0.25) is 0 Å². The van der Waals surface area contributed by atoms with Crippen LogP contribution < -0.4 is 5.32 Å². The van der Waals surface area contributed by atoms with Gasteiger partial charge < -0.3 is 5.32 Å². The van der Waals surface area contributed by atoms with E-state index in [-0.39, 0.29) is 11.7 Å². The Bertz CT molecular complexity index is 326. The molecule has 1 unspecified atom stereocenters. The van der Waals surface area contributed by atoms with Crippen molar-refractivity contribution in [1.82, 2.24) is 0 Å². The van der Waals surface area contributed by atoms with Crippen LogP contribution in [0.2, 0.25) is 0 Å². The Balaban J connectivity index is 3.02. The van der Waals surface area contributed by atoms with Gasteiger partial charge in [-0.1, -0.05) is 6.08 Å². The molecule has 0 saturated heterocycles. The van der Waals surface area contributed by atoms with Crippen molar-refractivity contribution in [3.8, 4) is 0 Å². The van der Waals surface area contributed by atoms with Gasteiger partial charge in [0.2, 0.25) is 0 Å². The van der Waals surface area contributed by atoms with E-state index in [1.807, 2.05) is 0 Å². The first-order chi connectivity index (χ1) is 6.54. The lowest BCUT2D eigenvalue weighted by atomic mass is 10.2. The van der Waals surface area contributed by atoms with E-state index in [4.69, 9.17) is 0 Å². The molecule has 0 heterocycles. The number of benzene rings is 1. The molecule has 1 aromatic rings. The summed E-state index contributed by atoms with van der Waals surface area (Å²) in [7, 11) is 0. The third-order valence-electron chi connectivity index (χ3n) is 1.73. The van der Waals surface area contributed by atoms with Crippen molar-refractivity contribution in [3.63, 3.8) is 0 Å². The minimum absolute atomic E-state index is 0.288. The number of nitrogens with one attached hydrogen (secondary N) is 1. The molecule has 14 heavy (non-hydrogen) atoms. The molecular formula is C10H10F3N. The largest absolute Gasteiger partial charge is 0.374 e. The van der Waals surface area contributed by atoms with E-state index in [2.05, 4.69) is 11.9 Å². The second-order valence-corrected chi connectivity index (χ2v) is 2.91. The number of rotatable bonds is 3. The van der Waals surface area contributed by atoms with Crippen molar-refractivity contribution >= 4 is 5.69 Å². The zero-order valence-corrected chi connectivity index (χ0v) is 7.65. The van der Waals surface area contributed by atoms with Crippen LogP contribution in [-0.2, 0) is 0 Å². The van der Waals surface area contributed by atoms with E-state index in [0.717, 1.165) is 0 Å².